The summed E-state index contributed by atoms with van der Waals surface area (Å²) in [7, 11) is 0. The number of fused-ring (bicyclic) bond motifs is 1. The van der Waals surface area contributed by atoms with Gasteiger partial charge in [0.1, 0.15) is 10.9 Å². The first-order valence-electron chi connectivity index (χ1n) is 12.0. The molecule has 5 rings (SSSR count). The number of aromatic nitrogens is 1. The summed E-state index contributed by atoms with van der Waals surface area (Å²) < 4.78 is 4.93. The van der Waals surface area contributed by atoms with Gasteiger partial charge in [-0.05, 0) is 37.0 Å². The Labute approximate surface area is 218 Å². The second-order valence-electron chi connectivity index (χ2n) is 9.48. The molecule has 37 heavy (non-hydrogen) atoms. The fourth-order valence-electron chi connectivity index (χ4n) is 4.94. The lowest BCUT2D eigenvalue weighted by Gasteiger charge is -2.53. The van der Waals surface area contributed by atoms with Crippen molar-refractivity contribution in [2.75, 3.05) is 5.88 Å². The van der Waals surface area contributed by atoms with Crippen LogP contribution in [-0.2, 0) is 22.6 Å². The van der Waals surface area contributed by atoms with E-state index in [4.69, 9.17) is 4.52 Å². The summed E-state index contributed by atoms with van der Waals surface area (Å²) in [6.45, 7) is 4.42. The molecule has 0 saturated carbocycles. The van der Waals surface area contributed by atoms with Crippen LogP contribution in [0.2, 0.25) is 0 Å². The maximum atomic E-state index is 13.5. The smallest absolute Gasteiger partial charge is 0.290 e. The zero-order chi connectivity index (χ0) is 26.2. The Morgan fingerprint density at radius 3 is 2.62 bits per heavy atom. The minimum absolute atomic E-state index is 0.0250. The molecule has 2 aromatic carbocycles. The molecular formula is C27H28N4O5S. The summed E-state index contributed by atoms with van der Waals surface area (Å²) in [6, 6.07) is 17.0. The van der Waals surface area contributed by atoms with Crippen LogP contribution in [0.5, 0.6) is 0 Å². The van der Waals surface area contributed by atoms with Gasteiger partial charge < -0.3 is 24.7 Å². The van der Waals surface area contributed by atoms with Gasteiger partial charge in [-0.15, -0.1) is 11.8 Å². The number of hydrogen-bond acceptors (Lipinski definition) is 7. The van der Waals surface area contributed by atoms with Crippen molar-refractivity contribution in [2.45, 2.75) is 49.9 Å². The summed E-state index contributed by atoms with van der Waals surface area (Å²) in [5, 5.41) is 17.5. The highest BCUT2D eigenvalue weighted by atomic mass is 32.2. The summed E-state index contributed by atoms with van der Waals surface area (Å²) in [5.41, 5.74) is 2.99. The number of carbonyl (C=O) groups is 3. The van der Waals surface area contributed by atoms with E-state index in [9.17, 15) is 19.5 Å². The van der Waals surface area contributed by atoms with Gasteiger partial charge in [-0.2, -0.15) is 0 Å². The SMILES string of the molecule is Cc1ccccc1CN1C(=O)[C@H]2N(C(=O)[C@@H](O)[C@H](Cc3ccccc3)NC(=O)c3ccno3)CSC21C. The zero-order valence-electron chi connectivity index (χ0n) is 20.5. The van der Waals surface area contributed by atoms with E-state index >= 15 is 0 Å². The van der Waals surface area contributed by atoms with Crippen LogP contribution >= 0.6 is 11.8 Å². The monoisotopic (exact) mass is 520 g/mol. The third-order valence-corrected chi connectivity index (χ3v) is 8.57. The summed E-state index contributed by atoms with van der Waals surface area (Å²) in [5.74, 6) is -1.09. The normalized spacial score (nSPS) is 22.2. The van der Waals surface area contributed by atoms with E-state index in [1.54, 1.807) is 4.90 Å². The molecule has 2 fully saturated rings. The molecule has 4 atom stereocenters. The van der Waals surface area contributed by atoms with Gasteiger partial charge in [-0.1, -0.05) is 59.8 Å². The third-order valence-electron chi connectivity index (χ3n) is 7.13. The molecule has 10 heteroatoms. The lowest BCUT2D eigenvalue weighted by molar-refractivity contribution is -0.168. The molecule has 1 aromatic heterocycles. The van der Waals surface area contributed by atoms with Crippen LogP contribution in [0.15, 0.2) is 71.4 Å². The number of aliphatic hydroxyl groups excluding tert-OH is 1. The molecule has 3 aromatic rings. The second-order valence-corrected chi connectivity index (χ2v) is 10.9. The first kappa shape index (κ1) is 25.0. The number of nitrogens with one attached hydrogen (secondary N) is 1. The highest BCUT2D eigenvalue weighted by Gasteiger charge is 2.65. The van der Waals surface area contributed by atoms with Crippen LogP contribution in [-0.4, -0.2) is 66.7 Å². The number of thioether (sulfide) groups is 1. The molecule has 2 aliphatic heterocycles. The van der Waals surface area contributed by atoms with Crippen molar-refractivity contribution >= 4 is 29.5 Å². The van der Waals surface area contributed by atoms with Crippen molar-refractivity contribution in [3.63, 3.8) is 0 Å². The van der Waals surface area contributed by atoms with Crippen molar-refractivity contribution in [1.82, 2.24) is 20.3 Å². The third kappa shape index (κ3) is 4.62. The number of benzene rings is 2. The average Bonchev–Trinajstić information content (AvgIpc) is 3.55. The van der Waals surface area contributed by atoms with Crippen molar-refractivity contribution < 1.29 is 24.0 Å². The molecule has 9 nitrogen and oxygen atoms in total. The van der Waals surface area contributed by atoms with Gasteiger partial charge in [0.15, 0.2) is 6.10 Å². The number of hydrogen-bond donors (Lipinski definition) is 2. The fraction of sp³-hybridized carbons (Fsp3) is 0.333. The maximum Gasteiger partial charge on any atom is 0.290 e. The topological polar surface area (TPSA) is 116 Å². The number of amides is 3. The predicted molar refractivity (Wildman–Crippen MR) is 137 cm³/mol. The Balaban J connectivity index is 1.33. The number of rotatable bonds is 8. The molecule has 2 N–H and O–H groups in total. The van der Waals surface area contributed by atoms with E-state index in [0.29, 0.717) is 6.54 Å². The van der Waals surface area contributed by atoms with Crippen molar-refractivity contribution in [3.8, 4) is 0 Å². The zero-order valence-corrected chi connectivity index (χ0v) is 21.4. The molecule has 0 aliphatic carbocycles. The highest BCUT2D eigenvalue weighted by molar-refractivity contribution is 8.01. The second kappa shape index (κ2) is 10.0. The van der Waals surface area contributed by atoms with Gasteiger partial charge in [-0.3, -0.25) is 14.4 Å². The number of aryl methyl sites for hydroxylation is 1. The molecule has 3 amide bonds. The Morgan fingerprint density at radius 1 is 1.19 bits per heavy atom. The molecular weight excluding hydrogens is 492 g/mol. The molecule has 1 unspecified atom stereocenters. The van der Waals surface area contributed by atoms with Crippen LogP contribution in [0.4, 0.5) is 0 Å². The standard InChI is InChI=1S/C27H28N4O5S/c1-17-8-6-7-11-19(17)15-31-26(35)23-27(31,2)37-16-30(23)25(34)22(32)20(14-18-9-4-3-5-10-18)29-24(33)21-12-13-28-36-21/h3-13,20,22-23,32H,14-16H2,1-2H3,(H,29,33)/t20-,22-,23+,27?/m0/s1. The van der Waals surface area contributed by atoms with Crippen molar-refractivity contribution in [2.24, 2.45) is 0 Å². The first-order valence-corrected chi connectivity index (χ1v) is 13.0. The summed E-state index contributed by atoms with van der Waals surface area (Å²) >= 11 is 1.50. The van der Waals surface area contributed by atoms with Crippen LogP contribution < -0.4 is 5.32 Å². The Kier molecular flexibility index (Phi) is 6.78. The van der Waals surface area contributed by atoms with Gasteiger partial charge >= 0.3 is 0 Å². The summed E-state index contributed by atoms with van der Waals surface area (Å²) in [6.07, 6.45) is -0.00648. The Hall–Kier alpha value is -3.63. The number of nitrogens with zero attached hydrogens (tertiary/aromatic N) is 3. The van der Waals surface area contributed by atoms with E-state index in [1.165, 1.54) is 28.9 Å². The molecule has 0 bridgehead atoms. The van der Waals surface area contributed by atoms with Crippen molar-refractivity contribution in [1.29, 1.82) is 0 Å². The van der Waals surface area contributed by atoms with Gasteiger partial charge in [0.2, 0.25) is 11.7 Å². The average molecular weight is 521 g/mol. The fourth-order valence-corrected chi connectivity index (χ4v) is 6.31. The minimum atomic E-state index is -1.56. The van der Waals surface area contributed by atoms with E-state index < -0.39 is 34.9 Å². The van der Waals surface area contributed by atoms with E-state index in [2.05, 4.69) is 10.5 Å². The number of aliphatic hydroxyl groups is 1. The number of carbonyl (C=O) groups excluding carboxylic acids is 3. The largest absolute Gasteiger partial charge is 0.381 e. The molecule has 2 aliphatic rings. The van der Waals surface area contributed by atoms with E-state index in [1.807, 2.05) is 68.4 Å². The summed E-state index contributed by atoms with van der Waals surface area (Å²) in [4.78, 5) is 42.1. The first-order chi connectivity index (χ1) is 17.8. The number of likely N-dealkylation sites (tertiary alicyclic amines) is 1. The van der Waals surface area contributed by atoms with Gasteiger partial charge in [-0.25, -0.2) is 0 Å². The predicted octanol–water partition coefficient (Wildman–Crippen LogP) is 2.35. The van der Waals surface area contributed by atoms with E-state index in [0.717, 1.165) is 16.7 Å². The maximum absolute atomic E-state index is 13.5. The van der Waals surface area contributed by atoms with Crippen LogP contribution in [0.3, 0.4) is 0 Å². The van der Waals surface area contributed by atoms with Gasteiger partial charge in [0, 0.05) is 12.6 Å². The quantitative estimate of drug-likeness (QED) is 0.438. The lowest BCUT2D eigenvalue weighted by atomic mass is 9.91. The van der Waals surface area contributed by atoms with Crippen molar-refractivity contribution in [3.05, 3.63) is 89.3 Å². The molecule has 192 valence electrons. The van der Waals surface area contributed by atoms with Gasteiger partial charge in [0.25, 0.3) is 11.8 Å². The van der Waals surface area contributed by atoms with Crippen LogP contribution in [0.25, 0.3) is 0 Å². The molecule has 0 radical (unpaired) electrons. The van der Waals surface area contributed by atoms with Gasteiger partial charge in [0.05, 0.1) is 18.1 Å². The minimum Gasteiger partial charge on any atom is -0.381 e. The Morgan fingerprint density at radius 2 is 1.92 bits per heavy atom. The Bertz CT molecular complexity index is 1300. The molecule has 2 saturated heterocycles. The number of β-lactam (4-membered cyclic amide) rings is 1. The molecule has 0 spiro atoms. The lowest BCUT2D eigenvalue weighted by Crippen LogP contribution is -2.73. The van der Waals surface area contributed by atoms with Crippen LogP contribution in [0.1, 0.15) is 34.2 Å². The van der Waals surface area contributed by atoms with Crippen LogP contribution in [0, 0.1) is 6.92 Å². The molecule has 3 heterocycles. The van der Waals surface area contributed by atoms with E-state index in [-0.39, 0.29) is 24.0 Å². The highest BCUT2D eigenvalue weighted by Crippen LogP contribution is 2.51.